The van der Waals surface area contributed by atoms with Gasteiger partial charge in [-0.25, -0.2) is 0 Å². The number of ether oxygens (including phenoxy) is 2. The van der Waals surface area contributed by atoms with E-state index in [1.807, 2.05) is 31.2 Å². The van der Waals surface area contributed by atoms with Crippen LogP contribution in [0.15, 0.2) is 59.0 Å². The van der Waals surface area contributed by atoms with Crippen LogP contribution < -0.4 is 9.47 Å². The van der Waals surface area contributed by atoms with E-state index in [0.717, 1.165) is 40.3 Å². The molecule has 0 aliphatic heterocycles. The van der Waals surface area contributed by atoms with Gasteiger partial charge in [0.05, 0.1) is 18.2 Å². The van der Waals surface area contributed by atoms with Gasteiger partial charge in [-0.15, -0.1) is 11.8 Å². The second kappa shape index (κ2) is 10.8. The summed E-state index contributed by atoms with van der Waals surface area (Å²) < 4.78 is 49.1. The summed E-state index contributed by atoms with van der Waals surface area (Å²) in [6.45, 7) is 4.83. The summed E-state index contributed by atoms with van der Waals surface area (Å²) in [4.78, 5) is 1.03. The van der Waals surface area contributed by atoms with Crippen molar-refractivity contribution in [2.75, 3.05) is 19.0 Å². The maximum absolute atomic E-state index is 12.6. The van der Waals surface area contributed by atoms with Crippen LogP contribution in [-0.2, 0) is 6.18 Å². The molecule has 0 atom stereocenters. The molecule has 0 fully saturated rings. The van der Waals surface area contributed by atoms with Crippen molar-refractivity contribution < 1.29 is 22.6 Å². The molecule has 0 radical (unpaired) electrons. The second-order valence-electron chi connectivity index (χ2n) is 6.31. The minimum atomic E-state index is -4.38. The Kier molecular flexibility index (Phi) is 8.47. The third-order valence-electron chi connectivity index (χ3n) is 3.91. The van der Waals surface area contributed by atoms with Crippen molar-refractivity contribution in [2.45, 2.75) is 31.3 Å². The topological polar surface area (TPSA) is 42.2 Å². The molecule has 0 amide bonds. The minimum Gasteiger partial charge on any atom is -0.493 e. The lowest BCUT2D eigenvalue weighted by Crippen LogP contribution is -2.06. The second-order valence-corrected chi connectivity index (χ2v) is 7.36. The molecule has 2 aromatic rings. The molecule has 154 valence electrons. The molecule has 0 saturated heterocycles. The largest absolute Gasteiger partial charge is 0.493 e. The third-order valence-corrected chi connectivity index (χ3v) is 5.01. The number of nitriles is 1. The predicted octanol–water partition coefficient (Wildman–Crippen LogP) is 6.42. The number of alkyl halides is 3. The highest BCUT2D eigenvalue weighted by molar-refractivity contribution is 7.99. The zero-order chi connectivity index (χ0) is 21.3. The fraction of sp³-hybridized carbons (Fsp3) is 0.318. The number of halogens is 3. The minimum absolute atomic E-state index is 0.128. The molecule has 2 rings (SSSR count). The van der Waals surface area contributed by atoms with E-state index in [0.29, 0.717) is 18.1 Å². The van der Waals surface area contributed by atoms with E-state index in [4.69, 9.17) is 14.7 Å². The fourth-order valence-corrected chi connectivity index (χ4v) is 3.34. The molecule has 0 spiro atoms. The molecule has 0 saturated carbocycles. The zero-order valence-electron chi connectivity index (χ0n) is 16.3. The van der Waals surface area contributed by atoms with Crippen LogP contribution in [0.5, 0.6) is 11.5 Å². The van der Waals surface area contributed by atoms with Crippen LogP contribution in [0.1, 0.15) is 24.5 Å². The Morgan fingerprint density at radius 3 is 2.45 bits per heavy atom. The van der Waals surface area contributed by atoms with Gasteiger partial charge in [0.15, 0.2) is 0 Å². The first-order valence-corrected chi connectivity index (χ1v) is 10.1. The first kappa shape index (κ1) is 22.7. The number of nitrogens with zero attached hydrogens (tertiary/aromatic N) is 1. The number of benzene rings is 2. The van der Waals surface area contributed by atoms with E-state index in [-0.39, 0.29) is 6.61 Å². The molecule has 3 nitrogen and oxygen atoms in total. The van der Waals surface area contributed by atoms with Gasteiger partial charge >= 0.3 is 6.18 Å². The predicted molar refractivity (Wildman–Crippen MR) is 108 cm³/mol. The van der Waals surface area contributed by atoms with Crippen LogP contribution in [0.4, 0.5) is 13.2 Å². The van der Waals surface area contributed by atoms with Gasteiger partial charge in [0.25, 0.3) is 0 Å². The number of allylic oxidation sites excluding steroid dienone is 1. The quantitative estimate of drug-likeness (QED) is 0.346. The van der Waals surface area contributed by atoms with Crippen molar-refractivity contribution in [1.29, 1.82) is 5.26 Å². The lowest BCUT2D eigenvalue weighted by Gasteiger charge is -2.12. The van der Waals surface area contributed by atoms with Crippen LogP contribution in [0.3, 0.4) is 0 Å². The highest BCUT2D eigenvalue weighted by Gasteiger charge is 2.30. The van der Waals surface area contributed by atoms with Crippen molar-refractivity contribution in [3.63, 3.8) is 0 Å². The van der Waals surface area contributed by atoms with Crippen LogP contribution in [0.2, 0.25) is 0 Å². The van der Waals surface area contributed by atoms with Crippen LogP contribution in [0.25, 0.3) is 0 Å². The van der Waals surface area contributed by atoms with E-state index in [9.17, 15) is 13.2 Å². The molecule has 29 heavy (non-hydrogen) atoms. The molecule has 7 heteroatoms. The average molecular weight is 421 g/mol. The standard InChI is InChI=1S/C22H22F3NO2S/c1-3-12-27-21-9-8-20(13-16(21)2)29-15-17(10-11-26)14-28-19-6-4-18(5-7-19)22(23,24)25/h4-10,13H,3,12,14-15H2,1-2H3/b17-10+. The Morgan fingerprint density at radius 1 is 1.14 bits per heavy atom. The van der Waals surface area contributed by atoms with Crippen LogP contribution >= 0.6 is 11.8 Å². The van der Waals surface area contributed by atoms with Gasteiger partial charge in [-0.2, -0.15) is 18.4 Å². The van der Waals surface area contributed by atoms with Gasteiger partial charge in [-0.1, -0.05) is 6.92 Å². The maximum atomic E-state index is 12.6. The summed E-state index contributed by atoms with van der Waals surface area (Å²) in [5.41, 5.74) is 1.05. The molecule has 0 unspecified atom stereocenters. The number of aryl methyl sites for hydroxylation is 1. The van der Waals surface area contributed by atoms with Gasteiger partial charge in [-0.3, -0.25) is 0 Å². The van der Waals surface area contributed by atoms with Crippen molar-refractivity contribution >= 4 is 11.8 Å². The molecule has 0 aliphatic carbocycles. The molecule has 0 aliphatic rings. The van der Waals surface area contributed by atoms with Gasteiger partial charge in [-0.05, 0) is 66.9 Å². The summed E-state index contributed by atoms with van der Waals surface area (Å²) in [7, 11) is 0. The molecule has 0 heterocycles. The Labute approximate surface area is 173 Å². The zero-order valence-corrected chi connectivity index (χ0v) is 17.1. The van der Waals surface area contributed by atoms with Crippen LogP contribution in [0, 0.1) is 18.3 Å². The first-order chi connectivity index (χ1) is 13.8. The van der Waals surface area contributed by atoms with Crippen molar-refractivity contribution in [1.82, 2.24) is 0 Å². The fourth-order valence-electron chi connectivity index (χ4n) is 2.39. The average Bonchev–Trinajstić information content (AvgIpc) is 2.69. The molecule has 2 aromatic carbocycles. The van der Waals surface area contributed by atoms with E-state index in [1.54, 1.807) is 11.8 Å². The third kappa shape index (κ3) is 7.39. The SMILES string of the molecule is CCCOc1ccc(SC/C(=C/C#N)COc2ccc(C(F)(F)F)cc2)cc1C. The molecular weight excluding hydrogens is 399 g/mol. The van der Waals surface area contributed by atoms with E-state index < -0.39 is 11.7 Å². The first-order valence-electron chi connectivity index (χ1n) is 9.07. The monoisotopic (exact) mass is 421 g/mol. The van der Waals surface area contributed by atoms with E-state index in [2.05, 4.69) is 6.92 Å². The number of rotatable bonds is 9. The number of thioether (sulfide) groups is 1. The van der Waals surface area contributed by atoms with E-state index >= 15 is 0 Å². The number of hydrogen-bond donors (Lipinski definition) is 0. The van der Waals surface area contributed by atoms with Gasteiger partial charge in [0, 0.05) is 16.7 Å². The Morgan fingerprint density at radius 2 is 1.86 bits per heavy atom. The van der Waals surface area contributed by atoms with Crippen molar-refractivity contribution in [2.24, 2.45) is 0 Å². The lowest BCUT2D eigenvalue weighted by molar-refractivity contribution is -0.137. The summed E-state index contributed by atoms with van der Waals surface area (Å²) in [6.07, 6.45) is -2.03. The summed E-state index contributed by atoms with van der Waals surface area (Å²) in [5, 5.41) is 8.99. The molecule has 0 N–H and O–H groups in total. The van der Waals surface area contributed by atoms with Gasteiger partial charge in [0.2, 0.25) is 0 Å². The normalized spacial score (nSPS) is 11.8. The highest BCUT2D eigenvalue weighted by Crippen LogP contribution is 2.31. The van der Waals surface area contributed by atoms with Gasteiger partial charge in [0.1, 0.15) is 18.1 Å². The Balaban J connectivity index is 1.93. The summed E-state index contributed by atoms with van der Waals surface area (Å²) in [5.74, 6) is 1.71. The number of hydrogen-bond acceptors (Lipinski definition) is 4. The molecular formula is C22H22F3NO2S. The maximum Gasteiger partial charge on any atom is 0.416 e. The lowest BCUT2D eigenvalue weighted by atomic mass is 10.2. The molecule has 0 bridgehead atoms. The smallest absolute Gasteiger partial charge is 0.416 e. The van der Waals surface area contributed by atoms with Gasteiger partial charge < -0.3 is 9.47 Å². The van der Waals surface area contributed by atoms with Crippen LogP contribution in [-0.4, -0.2) is 19.0 Å². The highest BCUT2D eigenvalue weighted by atomic mass is 32.2. The van der Waals surface area contributed by atoms with E-state index in [1.165, 1.54) is 18.2 Å². The summed E-state index contributed by atoms with van der Waals surface area (Å²) in [6, 6.07) is 12.4. The van der Waals surface area contributed by atoms with Crippen molar-refractivity contribution in [3.05, 3.63) is 65.2 Å². The Bertz CT molecular complexity index is 871. The Hall–Kier alpha value is -2.59. The summed E-state index contributed by atoms with van der Waals surface area (Å²) >= 11 is 1.55. The van der Waals surface area contributed by atoms with Crippen molar-refractivity contribution in [3.8, 4) is 17.6 Å². The molecule has 0 aromatic heterocycles.